The molecule has 0 fully saturated rings. The first-order valence-corrected chi connectivity index (χ1v) is 6.81. The number of hydrogen-bond acceptors (Lipinski definition) is 2. The lowest BCUT2D eigenvalue weighted by Crippen LogP contribution is -1.99. The zero-order valence-corrected chi connectivity index (χ0v) is 11.9. The minimum atomic E-state index is -0.277. The van der Waals surface area contributed by atoms with Gasteiger partial charge in [0.25, 0.3) is 0 Å². The number of hydrogen-bond donors (Lipinski definition) is 0. The molecule has 0 spiro atoms. The Hall–Kier alpha value is -2.67. The molecule has 0 aliphatic carbocycles. The third-order valence-corrected chi connectivity index (χ3v) is 3.56. The van der Waals surface area contributed by atoms with Crippen LogP contribution in [-0.4, -0.2) is 9.55 Å². The molecule has 0 saturated carbocycles. The molecule has 0 radical (unpaired) electrons. The van der Waals surface area contributed by atoms with Crippen LogP contribution in [0.25, 0.3) is 22.4 Å². The first kappa shape index (κ1) is 13.3. The van der Waals surface area contributed by atoms with Gasteiger partial charge in [0.2, 0.25) is 0 Å². The van der Waals surface area contributed by atoms with Gasteiger partial charge < -0.3 is 4.57 Å². The van der Waals surface area contributed by atoms with Crippen LogP contribution in [0.1, 0.15) is 18.1 Å². The van der Waals surface area contributed by atoms with E-state index >= 15 is 0 Å². The summed E-state index contributed by atoms with van der Waals surface area (Å²) in [5, 5.41) is 8.98. The van der Waals surface area contributed by atoms with Crippen molar-refractivity contribution in [1.29, 1.82) is 5.26 Å². The quantitative estimate of drug-likeness (QED) is 0.710. The molecule has 0 amide bonds. The molecule has 0 atom stereocenters. The zero-order valence-electron chi connectivity index (χ0n) is 11.9. The van der Waals surface area contributed by atoms with Crippen LogP contribution < -0.4 is 0 Å². The van der Waals surface area contributed by atoms with Gasteiger partial charge in [-0.05, 0) is 49.7 Å². The summed E-state index contributed by atoms with van der Waals surface area (Å²) in [4.78, 5) is 4.52. The lowest BCUT2D eigenvalue weighted by molar-refractivity contribution is 0.626. The number of nitriles is 1. The molecule has 1 aromatic heterocycles. The maximum atomic E-state index is 14.2. The van der Waals surface area contributed by atoms with Crippen molar-refractivity contribution < 1.29 is 4.39 Å². The second kappa shape index (κ2) is 5.02. The van der Waals surface area contributed by atoms with E-state index in [0.717, 1.165) is 11.1 Å². The molecule has 0 N–H and O–H groups in total. The Labute approximate surface area is 122 Å². The summed E-state index contributed by atoms with van der Waals surface area (Å²) in [6.07, 6.45) is 0. The van der Waals surface area contributed by atoms with Crippen LogP contribution in [-0.2, 0) is 6.54 Å². The van der Waals surface area contributed by atoms with E-state index in [1.165, 1.54) is 6.07 Å². The van der Waals surface area contributed by atoms with Crippen molar-refractivity contribution in [1.82, 2.24) is 9.55 Å². The normalized spacial score (nSPS) is 10.8. The van der Waals surface area contributed by atoms with Crippen molar-refractivity contribution in [3.63, 3.8) is 0 Å². The summed E-state index contributed by atoms with van der Waals surface area (Å²) in [6, 6.07) is 12.6. The van der Waals surface area contributed by atoms with Gasteiger partial charge in [0.05, 0.1) is 28.2 Å². The van der Waals surface area contributed by atoms with E-state index < -0.39 is 0 Å². The highest BCUT2D eigenvalue weighted by Crippen LogP contribution is 2.27. The maximum absolute atomic E-state index is 14.2. The van der Waals surface area contributed by atoms with E-state index in [1.54, 1.807) is 18.2 Å². The maximum Gasteiger partial charge on any atom is 0.144 e. The number of aromatic nitrogens is 2. The van der Waals surface area contributed by atoms with Crippen LogP contribution >= 0.6 is 0 Å². The minimum Gasteiger partial charge on any atom is -0.324 e. The van der Waals surface area contributed by atoms with Crippen LogP contribution in [0.5, 0.6) is 0 Å². The molecule has 0 unspecified atom stereocenters. The molecule has 4 heteroatoms. The number of nitrogens with zero attached hydrogens (tertiary/aromatic N) is 3. The summed E-state index contributed by atoms with van der Waals surface area (Å²) in [5.41, 5.74) is 3.54. The molecule has 2 aromatic carbocycles. The Morgan fingerprint density at radius 2 is 2.05 bits per heavy atom. The Bertz CT molecular complexity index is 872. The highest BCUT2D eigenvalue weighted by molar-refractivity contribution is 5.82. The van der Waals surface area contributed by atoms with Crippen LogP contribution in [0.15, 0.2) is 36.4 Å². The molecule has 3 rings (SSSR count). The van der Waals surface area contributed by atoms with E-state index in [0.29, 0.717) is 29.0 Å². The van der Waals surface area contributed by atoms with Crippen molar-refractivity contribution >= 4 is 11.0 Å². The number of imidazole rings is 1. The fraction of sp³-hybridized carbons (Fsp3) is 0.176. The predicted octanol–water partition coefficient (Wildman–Crippen LogP) is 4.04. The molecule has 0 bridgehead atoms. The third-order valence-electron chi connectivity index (χ3n) is 3.56. The second-order valence-electron chi connectivity index (χ2n) is 4.98. The van der Waals surface area contributed by atoms with Crippen LogP contribution in [0.2, 0.25) is 0 Å². The van der Waals surface area contributed by atoms with Gasteiger partial charge in [0.15, 0.2) is 0 Å². The van der Waals surface area contributed by atoms with Gasteiger partial charge >= 0.3 is 0 Å². The molecule has 0 aliphatic heterocycles. The van der Waals surface area contributed by atoms with Crippen LogP contribution in [0, 0.1) is 24.1 Å². The number of benzene rings is 2. The summed E-state index contributed by atoms with van der Waals surface area (Å²) in [6.45, 7) is 4.54. The predicted molar refractivity (Wildman–Crippen MR) is 80.3 cm³/mol. The Kier molecular flexibility index (Phi) is 3.19. The van der Waals surface area contributed by atoms with Gasteiger partial charge in [0.1, 0.15) is 11.6 Å². The van der Waals surface area contributed by atoms with Crippen molar-refractivity contribution in [2.75, 3.05) is 0 Å². The highest BCUT2D eigenvalue weighted by atomic mass is 19.1. The van der Waals surface area contributed by atoms with Crippen molar-refractivity contribution in [3.8, 4) is 17.5 Å². The summed E-state index contributed by atoms with van der Waals surface area (Å²) in [5.74, 6) is 0.320. The first-order valence-electron chi connectivity index (χ1n) is 6.81. The smallest absolute Gasteiger partial charge is 0.144 e. The summed E-state index contributed by atoms with van der Waals surface area (Å²) < 4.78 is 16.2. The van der Waals surface area contributed by atoms with E-state index in [1.807, 2.05) is 30.5 Å². The Morgan fingerprint density at radius 3 is 2.71 bits per heavy atom. The molecular weight excluding hydrogens is 265 g/mol. The molecule has 3 nitrogen and oxygen atoms in total. The fourth-order valence-electron chi connectivity index (χ4n) is 2.53. The first-order chi connectivity index (χ1) is 10.1. The number of aryl methyl sites for hydroxylation is 2. The number of fused-ring (bicyclic) bond motifs is 1. The lowest BCUT2D eigenvalue weighted by atomic mass is 10.1. The summed E-state index contributed by atoms with van der Waals surface area (Å²) in [7, 11) is 0. The van der Waals surface area contributed by atoms with Crippen molar-refractivity contribution in [3.05, 3.63) is 53.3 Å². The zero-order chi connectivity index (χ0) is 15.0. The van der Waals surface area contributed by atoms with E-state index in [-0.39, 0.29) is 5.82 Å². The second-order valence-corrected chi connectivity index (χ2v) is 4.98. The molecule has 0 saturated heterocycles. The molecular formula is C17H14FN3. The van der Waals surface area contributed by atoms with E-state index in [4.69, 9.17) is 5.26 Å². The highest BCUT2D eigenvalue weighted by Gasteiger charge is 2.15. The largest absolute Gasteiger partial charge is 0.324 e. The van der Waals surface area contributed by atoms with Gasteiger partial charge in [0, 0.05) is 6.54 Å². The Balaban J connectivity index is 2.29. The van der Waals surface area contributed by atoms with Crippen LogP contribution in [0.3, 0.4) is 0 Å². The molecule has 0 aliphatic rings. The molecule has 21 heavy (non-hydrogen) atoms. The van der Waals surface area contributed by atoms with Gasteiger partial charge in [-0.1, -0.05) is 6.07 Å². The topological polar surface area (TPSA) is 41.6 Å². The molecule has 1 heterocycles. The Morgan fingerprint density at radius 1 is 1.24 bits per heavy atom. The average molecular weight is 279 g/mol. The van der Waals surface area contributed by atoms with E-state index in [9.17, 15) is 4.39 Å². The van der Waals surface area contributed by atoms with Gasteiger partial charge in [-0.25, -0.2) is 9.37 Å². The van der Waals surface area contributed by atoms with Gasteiger partial charge in [-0.2, -0.15) is 5.26 Å². The van der Waals surface area contributed by atoms with Crippen molar-refractivity contribution in [2.45, 2.75) is 20.4 Å². The molecule has 104 valence electrons. The minimum absolute atomic E-state index is 0.277. The third kappa shape index (κ3) is 2.17. The number of rotatable bonds is 2. The fourth-order valence-corrected chi connectivity index (χ4v) is 2.53. The number of halogens is 1. The SMILES string of the molecule is CCn1c(-c2ccc(C)cc2F)nc2cc(C#N)ccc21. The molecule has 3 aromatic rings. The average Bonchev–Trinajstić information content (AvgIpc) is 2.84. The monoisotopic (exact) mass is 279 g/mol. The van der Waals surface area contributed by atoms with Gasteiger partial charge in [-0.15, -0.1) is 0 Å². The summed E-state index contributed by atoms with van der Waals surface area (Å²) >= 11 is 0. The van der Waals surface area contributed by atoms with Gasteiger partial charge in [-0.3, -0.25) is 0 Å². The standard InChI is InChI=1S/C17H14FN3/c1-3-21-16-7-5-12(10-19)9-15(16)20-17(21)13-6-4-11(2)8-14(13)18/h4-9H,3H2,1-2H3. The van der Waals surface area contributed by atoms with Crippen LogP contribution in [0.4, 0.5) is 4.39 Å². The van der Waals surface area contributed by atoms with E-state index in [2.05, 4.69) is 11.1 Å². The van der Waals surface area contributed by atoms with Crippen molar-refractivity contribution in [2.24, 2.45) is 0 Å². The lowest BCUT2D eigenvalue weighted by Gasteiger charge is -2.07.